The maximum absolute atomic E-state index is 11.7. The molecule has 1 aromatic rings. The Morgan fingerprint density at radius 3 is 3.27 bits per heavy atom. The van der Waals surface area contributed by atoms with Gasteiger partial charge >= 0.3 is 0 Å². The number of piperidine rings is 1. The van der Waals surface area contributed by atoms with Crippen molar-refractivity contribution >= 4 is 17.4 Å². The molecule has 2 saturated heterocycles. The molecule has 2 atom stereocenters. The molecule has 0 radical (unpaired) electrons. The van der Waals surface area contributed by atoms with Gasteiger partial charge in [0.1, 0.15) is 11.9 Å². The molecule has 0 aromatic carbocycles. The first-order valence-electron chi connectivity index (χ1n) is 5.19. The van der Waals surface area contributed by atoms with Crippen LogP contribution in [0.2, 0.25) is 0 Å². The monoisotopic (exact) mass is 224 g/mol. The molecule has 0 spiro atoms. The first kappa shape index (κ1) is 9.23. The van der Waals surface area contributed by atoms with E-state index in [1.165, 1.54) is 18.0 Å². The lowest BCUT2D eigenvalue weighted by atomic mass is 10.0. The van der Waals surface area contributed by atoms with Crippen LogP contribution in [-0.4, -0.2) is 33.0 Å². The van der Waals surface area contributed by atoms with E-state index in [0.717, 1.165) is 25.1 Å². The number of nitrogens with zero attached hydrogens (tertiary/aromatic N) is 3. The number of amides is 1. The largest absolute Gasteiger partial charge is 0.334 e. The summed E-state index contributed by atoms with van der Waals surface area (Å²) in [6.07, 6.45) is 3.25. The van der Waals surface area contributed by atoms with Gasteiger partial charge in [0.25, 0.3) is 0 Å². The average molecular weight is 224 g/mol. The highest BCUT2D eigenvalue weighted by molar-refractivity contribution is 7.03. The molecule has 0 aliphatic carbocycles. The number of aromatic nitrogens is 2. The molecule has 1 N–H and O–H groups in total. The zero-order chi connectivity index (χ0) is 10.3. The van der Waals surface area contributed by atoms with Gasteiger partial charge in [0.2, 0.25) is 5.91 Å². The molecule has 0 saturated carbocycles. The van der Waals surface area contributed by atoms with Crippen LogP contribution in [0.1, 0.15) is 31.1 Å². The van der Waals surface area contributed by atoms with Gasteiger partial charge in [-0.05, 0) is 24.4 Å². The number of hydrogen-bond donors (Lipinski definition) is 1. The highest BCUT2D eigenvalue weighted by Crippen LogP contribution is 2.31. The lowest BCUT2D eigenvalue weighted by Gasteiger charge is -2.30. The molecule has 2 unspecified atom stereocenters. The summed E-state index contributed by atoms with van der Waals surface area (Å²) < 4.78 is 3.84. The zero-order valence-corrected chi connectivity index (χ0v) is 9.04. The molecule has 1 amide bonds. The minimum atomic E-state index is -0.0402. The van der Waals surface area contributed by atoms with Crippen LogP contribution in [0.4, 0.5) is 0 Å². The maximum atomic E-state index is 11.7. The summed E-state index contributed by atoms with van der Waals surface area (Å²) in [5, 5.41) is 8.93. The third kappa shape index (κ3) is 1.44. The van der Waals surface area contributed by atoms with E-state index in [0.29, 0.717) is 0 Å². The summed E-state index contributed by atoms with van der Waals surface area (Å²) in [5.41, 5.74) is 0.873. The van der Waals surface area contributed by atoms with Gasteiger partial charge in [-0.1, -0.05) is 10.9 Å². The Morgan fingerprint density at radius 2 is 2.47 bits per heavy atom. The van der Waals surface area contributed by atoms with Crippen molar-refractivity contribution in [1.82, 2.24) is 19.8 Å². The predicted octanol–water partition coefficient (Wildman–Crippen LogP) is 0.521. The Labute approximate surface area is 91.6 Å². The number of carbonyl (C=O) groups is 1. The van der Waals surface area contributed by atoms with E-state index < -0.39 is 0 Å². The molecule has 80 valence electrons. The number of rotatable bonds is 1. The van der Waals surface area contributed by atoms with Crippen LogP contribution in [0.25, 0.3) is 0 Å². The Balaban J connectivity index is 1.88. The predicted molar refractivity (Wildman–Crippen MR) is 55.1 cm³/mol. The minimum Gasteiger partial charge on any atom is -0.334 e. The Bertz CT molecular complexity index is 366. The lowest BCUT2D eigenvalue weighted by Crippen LogP contribution is -2.38. The topological polar surface area (TPSA) is 58.1 Å². The fraction of sp³-hybridized carbons (Fsp3) is 0.667. The van der Waals surface area contributed by atoms with Crippen LogP contribution < -0.4 is 5.32 Å². The smallest absolute Gasteiger partial charge is 0.238 e. The average Bonchev–Trinajstić information content (AvgIpc) is 2.87. The molecular weight excluding hydrogens is 212 g/mol. The number of nitrogens with one attached hydrogen (secondary N) is 1. The van der Waals surface area contributed by atoms with E-state index in [2.05, 4.69) is 19.8 Å². The molecule has 6 heteroatoms. The summed E-state index contributed by atoms with van der Waals surface area (Å²) in [7, 11) is 0. The normalized spacial score (nSPS) is 31.3. The van der Waals surface area contributed by atoms with Gasteiger partial charge in [-0.15, -0.1) is 5.10 Å². The number of carbonyl (C=O) groups excluding carboxylic acids is 1. The van der Waals surface area contributed by atoms with Crippen LogP contribution >= 0.6 is 11.5 Å². The third-order valence-corrected chi connectivity index (χ3v) is 3.64. The van der Waals surface area contributed by atoms with Crippen molar-refractivity contribution < 1.29 is 4.79 Å². The first-order valence-corrected chi connectivity index (χ1v) is 6.03. The van der Waals surface area contributed by atoms with Crippen LogP contribution in [0, 0.1) is 0 Å². The third-order valence-electron chi connectivity index (χ3n) is 3.11. The van der Waals surface area contributed by atoms with Crippen molar-refractivity contribution in [1.29, 1.82) is 0 Å². The number of fused-ring (bicyclic) bond motifs is 1. The highest BCUT2D eigenvalue weighted by Gasteiger charge is 2.42. The maximum Gasteiger partial charge on any atom is 0.238 e. The fourth-order valence-corrected chi connectivity index (χ4v) is 2.87. The van der Waals surface area contributed by atoms with Crippen LogP contribution in [0.5, 0.6) is 0 Å². The van der Waals surface area contributed by atoms with E-state index in [1.807, 2.05) is 5.38 Å². The summed E-state index contributed by atoms with van der Waals surface area (Å²) in [5.74, 6) is 0.146. The summed E-state index contributed by atoms with van der Waals surface area (Å²) in [6, 6.07) is 0.0606. The molecule has 2 aliphatic rings. The van der Waals surface area contributed by atoms with E-state index in [9.17, 15) is 4.79 Å². The van der Waals surface area contributed by atoms with Gasteiger partial charge in [-0.25, -0.2) is 0 Å². The molecule has 2 fully saturated rings. The van der Waals surface area contributed by atoms with Gasteiger partial charge in [0, 0.05) is 11.9 Å². The van der Waals surface area contributed by atoms with Gasteiger partial charge in [0.05, 0.1) is 6.04 Å². The SMILES string of the molecule is O=C1NC(c2csnn2)N2CCCCC12. The molecule has 15 heavy (non-hydrogen) atoms. The quantitative estimate of drug-likeness (QED) is 0.755. The van der Waals surface area contributed by atoms with Crippen molar-refractivity contribution in [2.45, 2.75) is 31.5 Å². The standard InChI is InChI=1S/C9H12N4OS/c14-9-7-3-1-2-4-13(7)8(10-9)6-5-15-12-11-6/h5,7-8H,1-4H2,(H,10,14). The highest BCUT2D eigenvalue weighted by atomic mass is 32.1. The summed E-state index contributed by atoms with van der Waals surface area (Å²) in [6.45, 7) is 0.978. The fourth-order valence-electron chi connectivity index (χ4n) is 2.39. The van der Waals surface area contributed by atoms with Crippen molar-refractivity contribution in [3.8, 4) is 0 Å². The zero-order valence-electron chi connectivity index (χ0n) is 8.22. The van der Waals surface area contributed by atoms with E-state index in [4.69, 9.17) is 0 Å². The second kappa shape index (κ2) is 3.53. The summed E-state index contributed by atoms with van der Waals surface area (Å²) >= 11 is 1.33. The minimum absolute atomic E-state index is 0.0402. The molecule has 5 nitrogen and oxygen atoms in total. The Morgan fingerprint density at radius 1 is 1.53 bits per heavy atom. The van der Waals surface area contributed by atoms with E-state index >= 15 is 0 Å². The lowest BCUT2D eigenvalue weighted by molar-refractivity contribution is -0.122. The molecular formula is C9H12N4OS. The van der Waals surface area contributed by atoms with Crippen LogP contribution in [0.3, 0.4) is 0 Å². The number of hydrogen-bond acceptors (Lipinski definition) is 5. The van der Waals surface area contributed by atoms with Gasteiger partial charge < -0.3 is 5.32 Å². The first-order chi connectivity index (χ1) is 7.36. The van der Waals surface area contributed by atoms with Crippen molar-refractivity contribution in [3.63, 3.8) is 0 Å². The van der Waals surface area contributed by atoms with Gasteiger partial charge in [-0.2, -0.15) is 0 Å². The van der Waals surface area contributed by atoms with E-state index in [1.54, 1.807) is 0 Å². The second-order valence-electron chi connectivity index (χ2n) is 3.99. The van der Waals surface area contributed by atoms with E-state index in [-0.39, 0.29) is 18.1 Å². The summed E-state index contributed by atoms with van der Waals surface area (Å²) in [4.78, 5) is 13.9. The van der Waals surface area contributed by atoms with Crippen molar-refractivity contribution in [3.05, 3.63) is 11.1 Å². The molecule has 1 aromatic heterocycles. The van der Waals surface area contributed by atoms with Gasteiger partial charge in [0.15, 0.2) is 0 Å². The Kier molecular flexibility index (Phi) is 2.17. The van der Waals surface area contributed by atoms with Crippen molar-refractivity contribution in [2.75, 3.05) is 6.54 Å². The van der Waals surface area contributed by atoms with Crippen LogP contribution in [0.15, 0.2) is 5.38 Å². The second-order valence-corrected chi connectivity index (χ2v) is 4.60. The van der Waals surface area contributed by atoms with Crippen LogP contribution in [-0.2, 0) is 4.79 Å². The molecule has 2 aliphatic heterocycles. The van der Waals surface area contributed by atoms with Crippen molar-refractivity contribution in [2.24, 2.45) is 0 Å². The molecule has 3 heterocycles. The molecule has 3 rings (SSSR count). The Hall–Kier alpha value is -1.01. The molecule has 0 bridgehead atoms. The van der Waals surface area contributed by atoms with Gasteiger partial charge in [-0.3, -0.25) is 9.69 Å².